The van der Waals surface area contributed by atoms with Crippen LogP contribution in [0.5, 0.6) is 17.2 Å². The number of carbonyl (C=O) groups excluding carboxylic acids is 1. The van der Waals surface area contributed by atoms with E-state index in [1.807, 2.05) is 65.5 Å². The molecule has 184 valence electrons. The number of methoxy groups -OCH3 is 2. The summed E-state index contributed by atoms with van der Waals surface area (Å²) in [6.45, 7) is 2.01. The number of para-hydroxylation sites is 1. The normalized spacial score (nSPS) is 13.1. The van der Waals surface area contributed by atoms with Crippen LogP contribution in [0.1, 0.15) is 15.9 Å². The zero-order chi connectivity index (χ0) is 24.9. The third kappa shape index (κ3) is 5.12. The average Bonchev–Trinajstić information content (AvgIpc) is 3.39. The van der Waals surface area contributed by atoms with E-state index in [2.05, 4.69) is 9.88 Å². The molecule has 2 aromatic heterocycles. The fourth-order valence-corrected chi connectivity index (χ4v) is 4.04. The van der Waals surface area contributed by atoms with E-state index >= 15 is 0 Å². The van der Waals surface area contributed by atoms with Gasteiger partial charge in [0.15, 0.2) is 0 Å². The summed E-state index contributed by atoms with van der Waals surface area (Å²) >= 11 is 0. The summed E-state index contributed by atoms with van der Waals surface area (Å²) in [5, 5.41) is 0. The molecule has 1 aliphatic rings. The van der Waals surface area contributed by atoms with E-state index in [4.69, 9.17) is 18.9 Å². The molecule has 3 heterocycles. The number of ether oxygens (including phenoxy) is 4. The van der Waals surface area contributed by atoms with E-state index in [0.29, 0.717) is 23.7 Å². The Labute approximate surface area is 209 Å². The molecule has 8 nitrogen and oxygen atoms in total. The van der Waals surface area contributed by atoms with Crippen LogP contribution in [0.4, 0.5) is 5.69 Å². The van der Waals surface area contributed by atoms with E-state index in [9.17, 15) is 4.79 Å². The minimum absolute atomic E-state index is 0.112. The third-order valence-electron chi connectivity index (χ3n) is 6.03. The van der Waals surface area contributed by atoms with E-state index in [1.54, 1.807) is 31.6 Å². The highest BCUT2D eigenvalue weighted by Crippen LogP contribution is 2.27. The third-order valence-corrected chi connectivity index (χ3v) is 6.03. The van der Waals surface area contributed by atoms with Crippen molar-refractivity contribution in [1.82, 2.24) is 9.55 Å². The minimum Gasteiger partial charge on any atom is -0.495 e. The molecule has 5 rings (SSSR count). The highest BCUT2D eigenvalue weighted by atomic mass is 16.5. The first-order chi connectivity index (χ1) is 17.6. The average molecular weight is 486 g/mol. The molecular weight excluding hydrogens is 458 g/mol. The van der Waals surface area contributed by atoms with Gasteiger partial charge in [0, 0.05) is 18.5 Å². The highest BCUT2D eigenvalue weighted by Gasteiger charge is 2.29. The first-order valence-electron chi connectivity index (χ1n) is 11.6. The number of aromatic nitrogens is 2. The first kappa shape index (κ1) is 23.3. The van der Waals surface area contributed by atoms with E-state index < -0.39 is 0 Å². The molecule has 0 unspecified atom stereocenters. The first-order valence-corrected chi connectivity index (χ1v) is 11.6. The number of esters is 1. The van der Waals surface area contributed by atoms with Crippen LogP contribution in [0.2, 0.25) is 0 Å². The van der Waals surface area contributed by atoms with Gasteiger partial charge in [-0.25, -0.2) is 4.79 Å². The van der Waals surface area contributed by atoms with Crippen molar-refractivity contribution in [2.24, 2.45) is 0 Å². The van der Waals surface area contributed by atoms with Crippen LogP contribution in [0.3, 0.4) is 0 Å². The summed E-state index contributed by atoms with van der Waals surface area (Å²) in [5.74, 6) is 1.80. The van der Waals surface area contributed by atoms with Crippen molar-refractivity contribution in [2.45, 2.75) is 12.7 Å². The van der Waals surface area contributed by atoms with E-state index in [-0.39, 0.29) is 12.1 Å². The van der Waals surface area contributed by atoms with Gasteiger partial charge < -0.3 is 28.4 Å². The molecule has 0 atom stereocenters. The summed E-state index contributed by atoms with van der Waals surface area (Å²) in [6, 6.07) is 19.2. The van der Waals surface area contributed by atoms with Crippen molar-refractivity contribution >= 4 is 11.7 Å². The quantitative estimate of drug-likeness (QED) is 0.323. The molecule has 0 aliphatic carbocycles. The maximum Gasteiger partial charge on any atom is 0.339 e. The summed E-state index contributed by atoms with van der Waals surface area (Å²) in [5.41, 5.74) is 3.43. The Morgan fingerprint density at radius 2 is 1.75 bits per heavy atom. The van der Waals surface area contributed by atoms with Crippen molar-refractivity contribution in [2.75, 3.05) is 32.2 Å². The van der Waals surface area contributed by atoms with Crippen molar-refractivity contribution < 1.29 is 23.7 Å². The second-order valence-corrected chi connectivity index (χ2v) is 8.42. The zero-order valence-electron chi connectivity index (χ0n) is 20.2. The Hall–Kier alpha value is -4.46. The number of anilines is 1. The Bertz CT molecular complexity index is 1330. The number of carbonyl (C=O) groups is 1. The summed E-state index contributed by atoms with van der Waals surface area (Å²) < 4.78 is 23.9. The van der Waals surface area contributed by atoms with E-state index in [1.165, 1.54) is 7.11 Å². The van der Waals surface area contributed by atoms with Gasteiger partial charge >= 0.3 is 5.97 Å². The molecule has 0 N–H and O–H groups in total. The van der Waals surface area contributed by atoms with Gasteiger partial charge in [-0.05, 0) is 35.9 Å². The van der Waals surface area contributed by atoms with Gasteiger partial charge in [-0.2, -0.15) is 0 Å². The van der Waals surface area contributed by atoms with Crippen LogP contribution in [-0.4, -0.2) is 48.9 Å². The predicted molar refractivity (Wildman–Crippen MR) is 135 cm³/mol. The van der Waals surface area contributed by atoms with Crippen molar-refractivity contribution in [3.8, 4) is 22.9 Å². The molecule has 0 saturated carbocycles. The predicted octanol–water partition coefficient (Wildman–Crippen LogP) is 4.51. The van der Waals surface area contributed by atoms with Crippen molar-refractivity contribution in [3.05, 3.63) is 96.6 Å². The maximum atomic E-state index is 12.1. The number of benzene rings is 2. The molecule has 1 saturated heterocycles. The smallest absolute Gasteiger partial charge is 0.339 e. The number of nitrogens with zero attached hydrogens (tertiary/aromatic N) is 3. The lowest BCUT2D eigenvalue weighted by molar-refractivity contribution is 0.0600. The standard InChI is InChI=1S/C28H27N3O5/c1-33-23-13-24(15-29-14-23)35-19-20-7-9-22(10-8-20)36-25-17-31(18-25)21-11-12-30(16-21)27-6-4-3-5-26(27)28(32)34-2/h3-16,25H,17-19H2,1-2H3. The lowest BCUT2D eigenvalue weighted by Crippen LogP contribution is -2.53. The minimum atomic E-state index is -0.354. The van der Waals surface area contributed by atoms with Gasteiger partial charge in [0.25, 0.3) is 0 Å². The molecule has 4 aromatic rings. The lowest BCUT2D eigenvalue weighted by atomic mass is 10.1. The number of hydrogen-bond acceptors (Lipinski definition) is 7. The van der Waals surface area contributed by atoms with Gasteiger partial charge in [0.2, 0.25) is 0 Å². The molecule has 2 aromatic carbocycles. The Morgan fingerprint density at radius 1 is 0.972 bits per heavy atom. The molecule has 8 heteroatoms. The van der Waals surface area contributed by atoms with Crippen LogP contribution in [0.25, 0.3) is 5.69 Å². The molecule has 0 amide bonds. The second-order valence-electron chi connectivity index (χ2n) is 8.42. The monoisotopic (exact) mass is 485 g/mol. The van der Waals surface area contributed by atoms with Gasteiger partial charge in [-0.3, -0.25) is 4.98 Å². The summed E-state index contributed by atoms with van der Waals surface area (Å²) in [7, 11) is 2.99. The van der Waals surface area contributed by atoms with Crippen LogP contribution >= 0.6 is 0 Å². The van der Waals surface area contributed by atoms with Crippen LogP contribution in [0, 0.1) is 0 Å². The summed E-state index contributed by atoms with van der Waals surface area (Å²) in [4.78, 5) is 18.4. The molecule has 1 aliphatic heterocycles. The van der Waals surface area contributed by atoms with Crippen molar-refractivity contribution in [1.29, 1.82) is 0 Å². The van der Waals surface area contributed by atoms with Gasteiger partial charge in [-0.1, -0.05) is 24.3 Å². The molecule has 0 spiro atoms. The fraction of sp³-hybridized carbons (Fsp3) is 0.214. The maximum absolute atomic E-state index is 12.1. The molecule has 0 radical (unpaired) electrons. The second kappa shape index (κ2) is 10.4. The molecule has 36 heavy (non-hydrogen) atoms. The molecular formula is C28H27N3O5. The SMILES string of the molecule is COC(=O)c1ccccc1-n1ccc(N2CC(Oc3ccc(COc4cncc(OC)c4)cc3)C2)c1. The zero-order valence-corrected chi connectivity index (χ0v) is 20.2. The van der Waals surface area contributed by atoms with Crippen molar-refractivity contribution in [3.63, 3.8) is 0 Å². The van der Waals surface area contributed by atoms with Gasteiger partial charge in [0.1, 0.15) is 30.0 Å². The van der Waals surface area contributed by atoms with Crippen LogP contribution in [0.15, 0.2) is 85.5 Å². The highest BCUT2D eigenvalue weighted by molar-refractivity contribution is 5.93. The Morgan fingerprint density at radius 3 is 2.53 bits per heavy atom. The lowest BCUT2D eigenvalue weighted by Gasteiger charge is -2.40. The topological polar surface area (TPSA) is 75.1 Å². The van der Waals surface area contributed by atoms with E-state index in [0.717, 1.165) is 35.8 Å². The number of hydrogen-bond donors (Lipinski definition) is 0. The van der Waals surface area contributed by atoms with Crippen LogP contribution < -0.4 is 19.1 Å². The largest absolute Gasteiger partial charge is 0.495 e. The fourth-order valence-electron chi connectivity index (χ4n) is 4.04. The Kier molecular flexibility index (Phi) is 6.75. The van der Waals surface area contributed by atoms with Gasteiger partial charge in [-0.15, -0.1) is 0 Å². The van der Waals surface area contributed by atoms with Crippen LogP contribution in [-0.2, 0) is 11.3 Å². The molecule has 1 fully saturated rings. The summed E-state index contributed by atoms with van der Waals surface area (Å²) in [6.07, 6.45) is 7.38. The Balaban J connectivity index is 1.13. The number of pyridine rings is 1. The number of rotatable bonds is 9. The molecule has 0 bridgehead atoms. The van der Waals surface area contributed by atoms with Gasteiger partial charge in [0.05, 0.1) is 56.6 Å².